The lowest BCUT2D eigenvalue weighted by Crippen LogP contribution is -2.49. The summed E-state index contributed by atoms with van der Waals surface area (Å²) in [6.07, 6.45) is 1.13. The Morgan fingerprint density at radius 1 is 1.21 bits per heavy atom. The predicted molar refractivity (Wildman–Crippen MR) is 94.0 cm³/mol. The van der Waals surface area contributed by atoms with Gasteiger partial charge < -0.3 is 10.0 Å². The maximum Gasteiger partial charge on any atom is 0.264 e. The summed E-state index contributed by atoms with van der Waals surface area (Å²) in [5.41, 5.74) is 0.939. The van der Waals surface area contributed by atoms with E-state index >= 15 is 0 Å². The monoisotopic (exact) mass is 385 g/mol. The number of aliphatic hydroxyl groups is 1. The van der Waals surface area contributed by atoms with Crippen molar-refractivity contribution in [2.45, 2.75) is 18.4 Å². The number of hydrogen-bond donors (Lipinski definition) is 1. The molecule has 1 aliphatic heterocycles. The summed E-state index contributed by atoms with van der Waals surface area (Å²) in [6, 6.07) is 12.8. The van der Waals surface area contributed by atoms with Crippen LogP contribution in [-0.4, -0.2) is 23.8 Å². The van der Waals surface area contributed by atoms with Gasteiger partial charge in [-0.05, 0) is 36.6 Å². The van der Waals surface area contributed by atoms with Crippen LogP contribution in [0.25, 0.3) is 0 Å². The van der Waals surface area contributed by atoms with Gasteiger partial charge in [0.15, 0.2) is 11.4 Å². The normalized spacial score (nSPS) is 25.6. The van der Waals surface area contributed by atoms with Gasteiger partial charge in [-0.15, -0.1) is 0 Å². The zero-order valence-corrected chi connectivity index (χ0v) is 14.7. The number of nitrogens with zero attached hydrogens (tertiary/aromatic N) is 1. The molecule has 0 radical (unpaired) electrons. The summed E-state index contributed by atoms with van der Waals surface area (Å²) in [7, 11) is 1.63. The number of rotatable bonds is 1. The molecule has 0 unspecified atom stereocenters. The van der Waals surface area contributed by atoms with Crippen molar-refractivity contribution >= 4 is 33.3 Å². The molecule has 0 saturated carbocycles. The first kappa shape index (κ1) is 15.5. The van der Waals surface area contributed by atoms with Crippen LogP contribution < -0.4 is 4.90 Å². The summed E-state index contributed by atoms with van der Waals surface area (Å²) in [6.45, 7) is 0. The van der Waals surface area contributed by atoms with Gasteiger partial charge in [0.1, 0.15) is 0 Å². The third kappa shape index (κ3) is 1.95. The lowest BCUT2D eigenvalue weighted by molar-refractivity contribution is -0.140. The minimum atomic E-state index is -1.81. The molecule has 0 fully saturated rings. The van der Waals surface area contributed by atoms with Crippen molar-refractivity contribution in [3.8, 4) is 0 Å². The van der Waals surface area contributed by atoms with Crippen LogP contribution in [0.4, 0.5) is 5.69 Å². The molecule has 1 aliphatic carbocycles. The van der Waals surface area contributed by atoms with Gasteiger partial charge in [-0.1, -0.05) is 40.2 Å². The molecular weight excluding hydrogens is 370 g/mol. The van der Waals surface area contributed by atoms with Gasteiger partial charge in [0, 0.05) is 22.6 Å². The number of carbonyl (C=O) groups excluding carboxylic acids is 2. The highest BCUT2D eigenvalue weighted by Gasteiger charge is 2.56. The average molecular weight is 386 g/mol. The number of ketones is 1. The third-order valence-electron chi connectivity index (χ3n) is 5.17. The average Bonchev–Trinajstić information content (AvgIpc) is 2.77. The molecule has 122 valence electrons. The molecule has 0 saturated heterocycles. The quantitative estimate of drug-likeness (QED) is 0.820. The number of aryl methyl sites for hydroxylation is 1. The Hall–Kier alpha value is -1.98. The molecule has 0 aromatic heterocycles. The first-order valence-corrected chi connectivity index (χ1v) is 8.66. The minimum absolute atomic E-state index is 0.158. The predicted octanol–water partition coefficient (Wildman–Crippen LogP) is 3.06. The lowest BCUT2D eigenvalue weighted by Gasteiger charge is -2.34. The van der Waals surface area contributed by atoms with E-state index in [1.54, 1.807) is 25.2 Å². The van der Waals surface area contributed by atoms with Crippen molar-refractivity contribution in [1.82, 2.24) is 0 Å². The molecule has 1 heterocycles. The standard InChI is InChI=1S/C19H16BrNO3/c1-21-16-9-7-12(20)10-15(16)19(24,18(21)23)14-8-6-11-4-2-3-5-13(11)17(14)22/h2-5,7,9-10,14,24H,6,8H2,1H3/t14-,19+/m0/s1. The number of Topliss-reactive ketones (excluding diaryl/α,β-unsaturated/α-hetero) is 1. The summed E-state index contributed by atoms with van der Waals surface area (Å²) >= 11 is 3.40. The number of benzene rings is 2. The molecule has 2 aliphatic rings. The Bertz CT molecular complexity index is 879. The van der Waals surface area contributed by atoms with Crippen LogP contribution in [0.2, 0.25) is 0 Å². The van der Waals surface area contributed by atoms with Crippen LogP contribution in [0.5, 0.6) is 0 Å². The summed E-state index contributed by atoms with van der Waals surface area (Å²) in [5.74, 6) is -1.36. The number of hydrogen-bond acceptors (Lipinski definition) is 3. The summed E-state index contributed by atoms with van der Waals surface area (Å²) in [4.78, 5) is 27.3. The number of anilines is 1. The molecule has 0 bridgehead atoms. The van der Waals surface area contributed by atoms with Gasteiger partial charge in [-0.2, -0.15) is 0 Å². The summed E-state index contributed by atoms with van der Waals surface area (Å²) in [5, 5.41) is 11.4. The van der Waals surface area contributed by atoms with Crippen molar-refractivity contribution in [3.05, 3.63) is 63.6 Å². The van der Waals surface area contributed by atoms with Crippen molar-refractivity contribution in [2.75, 3.05) is 11.9 Å². The molecule has 2 aromatic rings. The molecule has 2 aromatic carbocycles. The van der Waals surface area contributed by atoms with Crippen LogP contribution in [0.15, 0.2) is 46.9 Å². The first-order valence-electron chi connectivity index (χ1n) is 7.87. The van der Waals surface area contributed by atoms with E-state index in [-0.39, 0.29) is 5.78 Å². The first-order chi connectivity index (χ1) is 11.4. The van der Waals surface area contributed by atoms with Crippen LogP contribution >= 0.6 is 15.9 Å². The Labute approximate surface area is 148 Å². The molecule has 2 atom stereocenters. The smallest absolute Gasteiger partial charge is 0.264 e. The maximum absolute atomic E-state index is 13.0. The number of fused-ring (bicyclic) bond motifs is 2. The van der Waals surface area contributed by atoms with E-state index in [9.17, 15) is 14.7 Å². The molecular formula is C19H16BrNO3. The molecule has 24 heavy (non-hydrogen) atoms. The fraction of sp³-hybridized carbons (Fsp3) is 0.263. The van der Waals surface area contributed by atoms with Crippen molar-refractivity contribution in [1.29, 1.82) is 0 Å². The van der Waals surface area contributed by atoms with E-state index in [0.29, 0.717) is 29.7 Å². The van der Waals surface area contributed by atoms with Gasteiger partial charge in [-0.25, -0.2) is 0 Å². The van der Waals surface area contributed by atoms with Crippen molar-refractivity contribution in [3.63, 3.8) is 0 Å². The third-order valence-corrected chi connectivity index (χ3v) is 5.66. The zero-order chi connectivity index (χ0) is 17.1. The van der Waals surface area contributed by atoms with Gasteiger partial charge in [-0.3, -0.25) is 9.59 Å². The van der Waals surface area contributed by atoms with Gasteiger partial charge in [0.05, 0.1) is 11.6 Å². The van der Waals surface area contributed by atoms with Crippen LogP contribution in [0, 0.1) is 5.92 Å². The SMILES string of the molecule is CN1C(=O)[C@@](O)([C@H]2CCc3ccccc3C2=O)c2cc(Br)ccc21. The van der Waals surface area contributed by atoms with E-state index in [0.717, 1.165) is 10.0 Å². The molecule has 1 N–H and O–H groups in total. The highest BCUT2D eigenvalue weighted by Crippen LogP contribution is 2.48. The topological polar surface area (TPSA) is 57.6 Å². The van der Waals surface area contributed by atoms with E-state index in [4.69, 9.17) is 0 Å². The fourth-order valence-corrected chi connectivity index (χ4v) is 4.28. The number of halogens is 1. The number of likely N-dealkylation sites (N-methyl/N-ethyl adjacent to an activating group) is 1. The highest BCUT2D eigenvalue weighted by molar-refractivity contribution is 9.10. The largest absolute Gasteiger partial charge is 0.375 e. The maximum atomic E-state index is 13.0. The van der Waals surface area contributed by atoms with Gasteiger partial charge >= 0.3 is 0 Å². The second-order valence-corrected chi connectivity index (χ2v) is 7.32. The van der Waals surface area contributed by atoms with Crippen LogP contribution in [0.1, 0.15) is 27.9 Å². The van der Waals surface area contributed by atoms with Crippen LogP contribution in [0.3, 0.4) is 0 Å². The fourth-order valence-electron chi connectivity index (χ4n) is 3.92. The van der Waals surface area contributed by atoms with E-state index in [2.05, 4.69) is 15.9 Å². The van der Waals surface area contributed by atoms with Crippen LogP contribution in [-0.2, 0) is 16.8 Å². The van der Waals surface area contributed by atoms with E-state index < -0.39 is 17.4 Å². The molecule has 1 amide bonds. The molecule has 4 nitrogen and oxygen atoms in total. The van der Waals surface area contributed by atoms with Gasteiger partial charge in [0.25, 0.3) is 5.91 Å². The second-order valence-electron chi connectivity index (χ2n) is 6.40. The lowest BCUT2D eigenvalue weighted by atomic mass is 9.71. The Morgan fingerprint density at radius 2 is 1.96 bits per heavy atom. The number of amides is 1. The van der Waals surface area contributed by atoms with E-state index in [1.807, 2.05) is 24.3 Å². The molecule has 5 heteroatoms. The Morgan fingerprint density at radius 3 is 2.75 bits per heavy atom. The highest BCUT2D eigenvalue weighted by atomic mass is 79.9. The Balaban J connectivity index is 1.87. The van der Waals surface area contributed by atoms with Gasteiger partial charge in [0.2, 0.25) is 0 Å². The molecule has 4 rings (SSSR count). The zero-order valence-electron chi connectivity index (χ0n) is 13.1. The second kappa shape index (κ2) is 5.26. The molecule has 0 spiro atoms. The Kier molecular flexibility index (Phi) is 3.41. The minimum Gasteiger partial charge on any atom is -0.375 e. The van der Waals surface area contributed by atoms with Crippen molar-refractivity contribution in [2.24, 2.45) is 5.92 Å². The van der Waals surface area contributed by atoms with Crippen molar-refractivity contribution < 1.29 is 14.7 Å². The van der Waals surface area contributed by atoms with E-state index in [1.165, 1.54) is 4.90 Å². The summed E-state index contributed by atoms with van der Waals surface area (Å²) < 4.78 is 0.770. The number of carbonyl (C=O) groups is 2.